The number of unbranched alkanes of at least 4 members (excludes halogenated alkanes) is 25. The Bertz CT molecular complexity index is 900. The highest BCUT2D eigenvalue weighted by atomic mass is 16.6. The second-order valence-electron chi connectivity index (χ2n) is 16.6. The van der Waals surface area contributed by atoms with Crippen molar-refractivity contribution in [1.29, 1.82) is 0 Å². The highest BCUT2D eigenvalue weighted by Gasteiger charge is 2.25. The molecule has 0 aliphatic carbocycles. The number of ether oxygens (including phenoxy) is 3. The van der Waals surface area contributed by atoms with Crippen LogP contribution < -0.4 is 5.11 Å². The minimum Gasteiger partial charge on any atom is -0.544 e. The van der Waals surface area contributed by atoms with Gasteiger partial charge in [-0.2, -0.15) is 0 Å². The van der Waals surface area contributed by atoms with E-state index in [0.717, 1.165) is 38.5 Å². The lowest BCUT2D eigenvalue weighted by Crippen LogP contribution is -2.55. The van der Waals surface area contributed by atoms with Crippen molar-refractivity contribution < 1.29 is 38.2 Å². The number of aliphatic carboxylic acids is 1. The van der Waals surface area contributed by atoms with Crippen molar-refractivity contribution in [2.75, 3.05) is 41.0 Å². The Hall–Kier alpha value is -1.93. The maximum Gasteiger partial charge on any atom is 0.306 e. The van der Waals surface area contributed by atoms with Crippen LogP contribution in [0.15, 0.2) is 12.2 Å². The summed E-state index contributed by atoms with van der Waals surface area (Å²) < 4.78 is 17.2. The van der Waals surface area contributed by atoms with E-state index >= 15 is 0 Å². The van der Waals surface area contributed by atoms with Gasteiger partial charge in [-0.15, -0.1) is 0 Å². The van der Waals surface area contributed by atoms with Gasteiger partial charge in [0.05, 0.1) is 40.3 Å². The van der Waals surface area contributed by atoms with Gasteiger partial charge in [0, 0.05) is 19.3 Å². The maximum absolute atomic E-state index is 12.7. The molecule has 2 atom stereocenters. The highest BCUT2D eigenvalue weighted by molar-refractivity contribution is 5.70. The topological polar surface area (TPSA) is 102 Å². The molecule has 0 aliphatic heterocycles. The van der Waals surface area contributed by atoms with Crippen molar-refractivity contribution in [1.82, 2.24) is 0 Å². The van der Waals surface area contributed by atoms with Gasteiger partial charge in [0.2, 0.25) is 0 Å². The molecule has 0 amide bonds. The number of carboxylic acids is 1. The van der Waals surface area contributed by atoms with Gasteiger partial charge < -0.3 is 28.6 Å². The fourth-order valence-corrected chi connectivity index (χ4v) is 6.83. The Balaban J connectivity index is 4.25. The van der Waals surface area contributed by atoms with Crippen LogP contribution >= 0.6 is 0 Å². The summed E-state index contributed by atoms with van der Waals surface area (Å²) in [4.78, 5) is 36.8. The van der Waals surface area contributed by atoms with E-state index in [2.05, 4.69) is 26.0 Å². The predicted octanol–water partition coefficient (Wildman–Crippen LogP) is 11.0. The van der Waals surface area contributed by atoms with Gasteiger partial charge in [0.1, 0.15) is 12.6 Å². The van der Waals surface area contributed by atoms with E-state index in [9.17, 15) is 19.5 Å². The van der Waals surface area contributed by atoms with Crippen molar-refractivity contribution in [3.63, 3.8) is 0 Å². The number of quaternary nitrogens is 1. The number of nitrogens with zero attached hydrogens (tertiary/aromatic N) is 1. The molecular weight excluding hydrogens is 679 g/mol. The zero-order valence-electron chi connectivity index (χ0n) is 36.2. The number of esters is 2. The Kier molecular flexibility index (Phi) is 36.6. The molecular formula is C46H87NO7. The summed E-state index contributed by atoms with van der Waals surface area (Å²) in [6.45, 7) is 4.67. The second kappa shape index (κ2) is 38.0. The minimum absolute atomic E-state index is 0.0443. The van der Waals surface area contributed by atoms with Crippen molar-refractivity contribution in [2.45, 2.75) is 225 Å². The molecule has 0 fully saturated rings. The third-order valence-corrected chi connectivity index (χ3v) is 10.4. The van der Waals surface area contributed by atoms with E-state index in [0.29, 0.717) is 12.8 Å². The van der Waals surface area contributed by atoms with Gasteiger partial charge in [-0.25, -0.2) is 0 Å². The van der Waals surface area contributed by atoms with E-state index in [1.165, 1.54) is 141 Å². The van der Waals surface area contributed by atoms with E-state index in [1.807, 2.05) is 0 Å². The lowest BCUT2D eigenvalue weighted by molar-refractivity contribution is -0.889. The number of hydrogen-bond acceptors (Lipinski definition) is 7. The fourth-order valence-electron chi connectivity index (χ4n) is 6.83. The number of likely N-dealkylation sites (N-methyl/N-ethyl adjacent to an activating group) is 1. The average molecular weight is 766 g/mol. The molecule has 0 spiro atoms. The molecule has 54 heavy (non-hydrogen) atoms. The van der Waals surface area contributed by atoms with Crippen LogP contribution in [0.5, 0.6) is 0 Å². The summed E-state index contributed by atoms with van der Waals surface area (Å²) >= 11 is 0. The van der Waals surface area contributed by atoms with Crippen LogP contribution in [0.4, 0.5) is 0 Å². The smallest absolute Gasteiger partial charge is 0.306 e. The van der Waals surface area contributed by atoms with Gasteiger partial charge in [-0.3, -0.25) is 9.59 Å². The van der Waals surface area contributed by atoms with Crippen LogP contribution in [0.25, 0.3) is 0 Å². The van der Waals surface area contributed by atoms with Crippen LogP contribution in [0.1, 0.15) is 213 Å². The van der Waals surface area contributed by atoms with E-state index in [4.69, 9.17) is 14.2 Å². The van der Waals surface area contributed by atoms with Crippen molar-refractivity contribution in [2.24, 2.45) is 0 Å². The molecule has 0 saturated carbocycles. The summed E-state index contributed by atoms with van der Waals surface area (Å²) in [6, 6.07) is -0.721. The van der Waals surface area contributed by atoms with E-state index in [1.54, 1.807) is 21.1 Å². The first kappa shape index (κ1) is 52.1. The zero-order chi connectivity index (χ0) is 40.0. The normalized spacial score (nSPS) is 13.0. The summed E-state index contributed by atoms with van der Waals surface area (Å²) in [5.74, 6) is -1.73. The molecule has 0 saturated heterocycles. The van der Waals surface area contributed by atoms with Crippen molar-refractivity contribution in [3.8, 4) is 0 Å². The molecule has 8 nitrogen and oxygen atoms in total. The molecule has 0 heterocycles. The number of allylic oxidation sites excluding steroid dienone is 2. The van der Waals surface area contributed by atoms with Crippen LogP contribution in [0.2, 0.25) is 0 Å². The standard InChI is InChI=1S/C46H87NO7/c1-6-8-10-12-14-16-18-19-20-21-22-23-24-25-26-27-29-31-33-35-37-45(49)54-42(40-52-39-38-43(46(50)51)47(3,4)5)41-53-44(48)36-34-32-30-28-17-15-13-11-9-7-2/h22-23,42-43H,6-21,24-41H2,1-5H3/b23-22+. The molecule has 0 N–H and O–H groups in total. The van der Waals surface area contributed by atoms with Gasteiger partial charge in [0.15, 0.2) is 6.10 Å². The van der Waals surface area contributed by atoms with Crippen LogP contribution in [0, 0.1) is 0 Å². The minimum atomic E-state index is -1.12. The lowest BCUT2D eigenvalue weighted by Gasteiger charge is -2.34. The molecule has 0 aliphatic rings. The Morgan fingerprint density at radius 3 is 1.33 bits per heavy atom. The molecule has 0 aromatic rings. The largest absolute Gasteiger partial charge is 0.544 e. The second-order valence-corrected chi connectivity index (χ2v) is 16.6. The number of hydrogen-bond donors (Lipinski definition) is 0. The van der Waals surface area contributed by atoms with Gasteiger partial charge in [-0.05, 0) is 38.5 Å². The predicted molar refractivity (Wildman–Crippen MR) is 222 cm³/mol. The Morgan fingerprint density at radius 2 is 0.926 bits per heavy atom. The first-order chi connectivity index (χ1) is 26.1. The van der Waals surface area contributed by atoms with Crippen LogP contribution in [-0.4, -0.2) is 75.5 Å². The lowest BCUT2D eigenvalue weighted by atomic mass is 10.1. The first-order valence-corrected chi connectivity index (χ1v) is 22.7. The molecule has 2 unspecified atom stereocenters. The SMILES string of the molecule is CCCCCCCCCCC/C=C/CCCCCCCCCC(=O)OC(COCCC(C(=O)[O-])[N+](C)(C)C)COC(=O)CCCCCCCCCCCC. The summed E-state index contributed by atoms with van der Waals surface area (Å²) in [5, 5.41) is 11.6. The van der Waals surface area contributed by atoms with Gasteiger partial charge >= 0.3 is 11.9 Å². The number of carbonyl (C=O) groups excluding carboxylic acids is 3. The summed E-state index contributed by atoms with van der Waals surface area (Å²) in [6.07, 6.45) is 39.5. The highest BCUT2D eigenvalue weighted by Crippen LogP contribution is 2.15. The molecule has 0 rings (SSSR count). The number of rotatable bonds is 41. The number of carboxylic acid groups (broad SMARTS) is 1. The van der Waals surface area contributed by atoms with Crippen LogP contribution in [0.3, 0.4) is 0 Å². The molecule has 8 heteroatoms. The van der Waals surface area contributed by atoms with E-state index < -0.39 is 18.1 Å². The fraction of sp³-hybridized carbons (Fsp3) is 0.891. The van der Waals surface area contributed by atoms with Crippen molar-refractivity contribution in [3.05, 3.63) is 12.2 Å². The zero-order valence-corrected chi connectivity index (χ0v) is 36.2. The first-order valence-electron chi connectivity index (χ1n) is 22.7. The molecule has 318 valence electrons. The molecule has 0 radical (unpaired) electrons. The third kappa shape index (κ3) is 35.8. The number of carbonyl (C=O) groups is 3. The quantitative estimate of drug-likeness (QED) is 0.0264. The average Bonchev–Trinajstić information content (AvgIpc) is 3.12. The van der Waals surface area contributed by atoms with Gasteiger partial charge in [-0.1, -0.05) is 167 Å². The molecule has 0 bridgehead atoms. The Morgan fingerprint density at radius 1 is 0.537 bits per heavy atom. The summed E-state index contributed by atoms with van der Waals surface area (Å²) in [7, 11) is 5.41. The van der Waals surface area contributed by atoms with Gasteiger partial charge in [0.25, 0.3) is 0 Å². The van der Waals surface area contributed by atoms with E-state index in [-0.39, 0.29) is 42.7 Å². The van der Waals surface area contributed by atoms with Crippen LogP contribution in [-0.2, 0) is 28.6 Å². The molecule has 0 aromatic carbocycles. The molecule has 0 aromatic heterocycles. The third-order valence-electron chi connectivity index (χ3n) is 10.4. The van der Waals surface area contributed by atoms with Crippen molar-refractivity contribution >= 4 is 17.9 Å². The summed E-state index contributed by atoms with van der Waals surface area (Å²) in [5.41, 5.74) is 0. The maximum atomic E-state index is 12.7. The Labute approximate surface area is 333 Å². The monoisotopic (exact) mass is 766 g/mol.